The van der Waals surface area contributed by atoms with Crippen molar-refractivity contribution in [1.29, 1.82) is 0 Å². The number of aryl methyl sites for hydroxylation is 1. The molecule has 0 amide bonds. The van der Waals surface area contributed by atoms with Gasteiger partial charge in [-0.1, -0.05) is 0 Å². The average Bonchev–Trinajstić information content (AvgIpc) is 2.55. The van der Waals surface area contributed by atoms with Crippen LogP contribution in [-0.4, -0.2) is 21.9 Å². The Labute approximate surface area is 140 Å². The largest absolute Gasteiger partial charge is 0.497 e. The van der Waals surface area contributed by atoms with E-state index in [-0.39, 0.29) is 0 Å². The molecule has 1 N–H and O–H groups in total. The molecule has 0 aromatic heterocycles. The standard InChI is InChI=1S/C14H12N4O7/c1-8-5-10(25-2)3-4-11(8)15-14-12(17(21)22)6-9(16(19)20)7-13(14)18(23)24/h3-7,15H,1-2H3. The SMILES string of the molecule is COc1ccc(Nc2c([N+](=O)[O-])cc([N+](=O)[O-])cc2[N+](=O)[O-])c(C)c1. The predicted molar refractivity (Wildman–Crippen MR) is 87.4 cm³/mol. The normalized spacial score (nSPS) is 10.2. The van der Waals surface area contributed by atoms with E-state index in [1.54, 1.807) is 19.1 Å². The first kappa shape index (κ1) is 17.6. The van der Waals surface area contributed by atoms with Crippen molar-refractivity contribution >= 4 is 28.4 Å². The number of anilines is 2. The van der Waals surface area contributed by atoms with Crippen molar-refractivity contribution in [3.05, 3.63) is 66.2 Å². The highest BCUT2D eigenvalue weighted by molar-refractivity contribution is 5.82. The molecule has 0 aliphatic heterocycles. The number of ether oxygens (including phenoxy) is 1. The average molecular weight is 348 g/mol. The lowest BCUT2D eigenvalue weighted by Gasteiger charge is -2.11. The Kier molecular flexibility index (Phi) is 4.77. The fraction of sp³-hybridized carbons (Fsp3) is 0.143. The van der Waals surface area contributed by atoms with E-state index in [4.69, 9.17) is 4.74 Å². The third-order valence-electron chi connectivity index (χ3n) is 3.38. The predicted octanol–water partition coefficient (Wildman–Crippen LogP) is 3.47. The summed E-state index contributed by atoms with van der Waals surface area (Å²) in [6, 6.07) is 6.08. The van der Waals surface area contributed by atoms with Crippen LogP contribution in [0.4, 0.5) is 28.4 Å². The highest BCUT2D eigenvalue weighted by Gasteiger charge is 2.31. The molecule has 25 heavy (non-hydrogen) atoms. The molecule has 0 aliphatic rings. The monoisotopic (exact) mass is 348 g/mol. The van der Waals surface area contributed by atoms with Crippen LogP contribution in [0, 0.1) is 37.3 Å². The number of rotatable bonds is 6. The minimum absolute atomic E-state index is 0.362. The van der Waals surface area contributed by atoms with Crippen LogP contribution in [0.25, 0.3) is 0 Å². The molecule has 2 rings (SSSR count). The minimum Gasteiger partial charge on any atom is -0.497 e. The molecule has 0 aliphatic carbocycles. The molecule has 0 bridgehead atoms. The second-order valence-electron chi connectivity index (χ2n) is 4.94. The quantitative estimate of drug-likeness (QED) is 0.615. The molecule has 0 atom stereocenters. The van der Waals surface area contributed by atoms with Crippen molar-refractivity contribution in [3.8, 4) is 5.75 Å². The number of methoxy groups -OCH3 is 1. The lowest BCUT2D eigenvalue weighted by molar-refractivity contribution is -0.401. The molecule has 130 valence electrons. The third kappa shape index (κ3) is 3.60. The summed E-state index contributed by atoms with van der Waals surface area (Å²) in [4.78, 5) is 30.6. The van der Waals surface area contributed by atoms with Crippen LogP contribution in [0.3, 0.4) is 0 Å². The van der Waals surface area contributed by atoms with Gasteiger partial charge in [-0.15, -0.1) is 0 Å². The second-order valence-corrected chi connectivity index (χ2v) is 4.94. The second kappa shape index (κ2) is 6.78. The van der Waals surface area contributed by atoms with Crippen LogP contribution in [0.1, 0.15) is 5.56 Å². The molecule has 0 unspecified atom stereocenters. The van der Waals surface area contributed by atoms with Crippen molar-refractivity contribution in [2.45, 2.75) is 6.92 Å². The molecule has 0 fully saturated rings. The molecule has 0 radical (unpaired) electrons. The Balaban J connectivity index is 2.64. The fourth-order valence-electron chi connectivity index (χ4n) is 2.16. The number of nitro benzene ring substituents is 3. The molecule has 0 spiro atoms. The van der Waals surface area contributed by atoms with Gasteiger partial charge in [0.1, 0.15) is 5.75 Å². The smallest absolute Gasteiger partial charge is 0.306 e. The zero-order valence-electron chi connectivity index (χ0n) is 13.1. The highest BCUT2D eigenvalue weighted by atomic mass is 16.6. The van der Waals surface area contributed by atoms with Gasteiger partial charge in [0.2, 0.25) is 0 Å². The van der Waals surface area contributed by atoms with Gasteiger partial charge < -0.3 is 10.1 Å². The fourth-order valence-corrected chi connectivity index (χ4v) is 2.16. The van der Waals surface area contributed by atoms with E-state index in [9.17, 15) is 30.3 Å². The van der Waals surface area contributed by atoms with Crippen molar-refractivity contribution in [3.63, 3.8) is 0 Å². The summed E-state index contributed by atoms with van der Waals surface area (Å²) in [7, 11) is 1.47. The third-order valence-corrected chi connectivity index (χ3v) is 3.38. The lowest BCUT2D eigenvalue weighted by atomic mass is 10.1. The van der Waals surface area contributed by atoms with E-state index in [0.717, 1.165) is 0 Å². The number of benzene rings is 2. The van der Waals surface area contributed by atoms with Crippen LogP contribution >= 0.6 is 0 Å². The topological polar surface area (TPSA) is 151 Å². The van der Waals surface area contributed by atoms with Crippen molar-refractivity contribution < 1.29 is 19.5 Å². The van der Waals surface area contributed by atoms with Gasteiger partial charge in [-0.05, 0) is 30.7 Å². The zero-order chi connectivity index (χ0) is 18.7. The first-order valence-electron chi connectivity index (χ1n) is 6.77. The molecule has 11 heteroatoms. The first-order chi connectivity index (χ1) is 11.7. The summed E-state index contributed by atoms with van der Waals surface area (Å²) in [6.07, 6.45) is 0. The molecule has 0 saturated heterocycles. The van der Waals surface area contributed by atoms with E-state index in [1.165, 1.54) is 13.2 Å². The number of non-ortho nitro benzene ring substituents is 1. The van der Waals surface area contributed by atoms with Crippen LogP contribution < -0.4 is 10.1 Å². The Morgan fingerprint density at radius 1 is 0.920 bits per heavy atom. The summed E-state index contributed by atoms with van der Waals surface area (Å²) in [6.45, 7) is 1.67. The van der Waals surface area contributed by atoms with Gasteiger partial charge >= 0.3 is 11.4 Å². The molecular formula is C14H12N4O7. The molecule has 2 aromatic carbocycles. The maximum atomic E-state index is 11.2. The summed E-state index contributed by atoms with van der Waals surface area (Å²) in [5, 5.41) is 36.0. The Morgan fingerprint density at radius 3 is 1.88 bits per heavy atom. The Hall–Kier alpha value is -3.76. The molecule has 0 heterocycles. The summed E-state index contributed by atoms with van der Waals surface area (Å²) >= 11 is 0. The van der Waals surface area contributed by atoms with Gasteiger partial charge in [0, 0.05) is 5.69 Å². The summed E-state index contributed by atoms with van der Waals surface area (Å²) in [5.74, 6) is 0.538. The van der Waals surface area contributed by atoms with Crippen molar-refractivity contribution in [2.24, 2.45) is 0 Å². The highest BCUT2D eigenvalue weighted by Crippen LogP contribution is 2.40. The number of hydrogen-bond donors (Lipinski definition) is 1. The van der Waals surface area contributed by atoms with Crippen molar-refractivity contribution in [1.82, 2.24) is 0 Å². The van der Waals surface area contributed by atoms with Gasteiger partial charge in [0.15, 0.2) is 5.69 Å². The van der Waals surface area contributed by atoms with E-state index in [1.807, 2.05) is 0 Å². The minimum atomic E-state index is -0.928. The van der Waals surface area contributed by atoms with E-state index in [2.05, 4.69) is 5.32 Å². The van der Waals surface area contributed by atoms with Gasteiger partial charge in [-0.25, -0.2) is 0 Å². The molecule has 11 nitrogen and oxygen atoms in total. The van der Waals surface area contributed by atoms with Crippen molar-refractivity contribution in [2.75, 3.05) is 12.4 Å². The van der Waals surface area contributed by atoms with Crippen LogP contribution in [0.5, 0.6) is 5.75 Å². The number of nitrogens with one attached hydrogen (secondary N) is 1. The van der Waals surface area contributed by atoms with Crippen LogP contribution in [0.15, 0.2) is 30.3 Å². The zero-order valence-corrected chi connectivity index (χ0v) is 13.1. The van der Waals surface area contributed by atoms with E-state index in [0.29, 0.717) is 29.1 Å². The van der Waals surface area contributed by atoms with E-state index >= 15 is 0 Å². The first-order valence-corrected chi connectivity index (χ1v) is 6.77. The van der Waals surface area contributed by atoms with Gasteiger partial charge in [0.25, 0.3) is 5.69 Å². The Morgan fingerprint density at radius 2 is 1.48 bits per heavy atom. The van der Waals surface area contributed by atoms with Crippen LogP contribution in [0.2, 0.25) is 0 Å². The summed E-state index contributed by atoms with van der Waals surface area (Å²) in [5.41, 5.74) is -1.74. The maximum absolute atomic E-state index is 11.2. The van der Waals surface area contributed by atoms with E-state index < -0.39 is 37.5 Å². The number of hydrogen-bond acceptors (Lipinski definition) is 8. The molecule has 2 aromatic rings. The molecular weight excluding hydrogens is 336 g/mol. The summed E-state index contributed by atoms with van der Waals surface area (Å²) < 4.78 is 5.05. The van der Waals surface area contributed by atoms with Gasteiger partial charge in [-0.3, -0.25) is 30.3 Å². The number of nitrogens with zero attached hydrogens (tertiary/aromatic N) is 3. The van der Waals surface area contributed by atoms with Gasteiger partial charge in [0.05, 0.1) is 34.0 Å². The maximum Gasteiger partial charge on any atom is 0.306 e. The number of nitro groups is 3. The molecule has 0 saturated carbocycles. The lowest BCUT2D eigenvalue weighted by Crippen LogP contribution is -2.04. The van der Waals surface area contributed by atoms with Gasteiger partial charge in [-0.2, -0.15) is 0 Å². The Bertz CT molecular complexity index is 846. The van der Waals surface area contributed by atoms with Crippen LogP contribution in [-0.2, 0) is 0 Å².